The first kappa shape index (κ1) is 26.0. The van der Waals surface area contributed by atoms with E-state index in [1.807, 2.05) is 36.6 Å². The second-order valence-electron chi connectivity index (χ2n) is 7.31. The highest BCUT2D eigenvalue weighted by atomic mass is 35.5. The summed E-state index contributed by atoms with van der Waals surface area (Å²) < 4.78 is 0. The summed E-state index contributed by atoms with van der Waals surface area (Å²) >= 11 is 13.1. The number of hydrogen-bond donors (Lipinski definition) is 1. The summed E-state index contributed by atoms with van der Waals surface area (Å²) in [7, 11) is 0. The Balaban J connectivity index is 0.000000336. The molecule has 3 rings (SSSR count). The van der Waals surface area contributed by atoms with Crippen LogP contribution in [-0.2, 0) is 12.0 Å². The van der Waals surface area contributed by atoms with Gasteiger partial charge in [0.2, 0.25) is 0 Å². The number of allylic oxidation sites excluding steroid dienone is 1. The second kappa shape index (κ2) is 12.7. The van der Waals surface area contributed by atoms with E-state index in [4.69, 9.17) is 23.2 Å². The Morgan fingerprint density at radius 1 is 1.09 bits per heavy atom. The third kappa shape index (κ3) is 8.71. The van der Waals surface area contributed by atoms with Gasteiger partial charge in [-0.1, -0.05) is 29.3 Å². The van der Waals surface area contributed by atoms with Crippen LogP contribution in [0.25, 0.3) is 5.70 Å². The average Bonchev–Trinajstić information content (AvgIpc) is 2.77. The van der Waals surface area contributed by atoms with Crippen LogP contribution < -0.4 is 0 Å². The molecule has 168 valence electrons. The van der Waals surface area contributed by atoms with E-state index in [2.05, 4.69) is 26.7 Å². The molecule has 3 heterocycles. The molecule has 3 aromatic rings. The van der Waals surface area contributed by atoms with Crippen LogP contribution in [0.15, 0.2) is 71.2 Å². The molecule has 0 saturated carbocycles. The van der Waals surface area contributed by atoms with E-state index < -0.39 is 5.60 Å². The van der Waals surface area contributed by atoms with Crippen LogP contribution >= 0.6 is 35.0 Å². The molecule has 0 radical (unpaired) electrons. The number of thioether (sulfide) groups is 1. The fourth-order valence-electron chi connectivity index (χ4n) is 2.63. The molecule has 0 spiro atoms. The first-order chi connectivity index (χ1) is 15.2. The van der Waals surface area contributed by atoms with Crippen molar-refractivity contribution in [2.75, 3.05) is 6.26 Å². The van der Waals surface area contributed by atoms with Crippen molar-refractivity contribution in [3.63, 3.8) is 0 Å². The maximum Gasteiger partial charge on any atom is 0.101 e. The molecular formula is C24H26Cl2N4OS. The van der Waals surface area contributed by atoms with E-state index in [0.717, 1.165) is 34.7 Å². The maximum absolute atomic E-state index is 9.94. The zero-order chi connectivity index (χ0) is 23.6. The molecule has 0 amide bonds. The molecule has 0 atom stereocenters. The molecule has 3 aromatic heterocycles. The van der Waals surface area contributed by atoms with Gasteiger partial charge in [-0.05, 0) is 75.6 Å². The lowest BCUT2D eigenvalue weighted by molar-refractivity contribution is 0.0738. The van der Waals surface area contributed by atoms with Crippen molar-refractivity contribution in [2.45, 2.75) is 37.3 Å². The smallest absolute Gasteiger partial charge is 0.101 e. The number of halogens is 2. The molecule has 5 nitrogen and oxygen atoms in total. The summed E-state index contributed by atoms with van der Waals surface area (Å²) in [4.78, 5) is 16.5. The summed E-state index contributed by atoms with van der Waals surface area (Å²) in [6, 6.07) is 9.33. The highest BCUT2D eigenvalue weighted by molar-refractivity contribution is 7.98. The normalized spacial score (nSPS) is 11.5. The molecule has 0 aliphatic rings. The van der Waals surface area contributed by atoms with Gasteiger partial charge in [0.15, 0.2) is 0 Å². The molecule has 0 unspecified atom stereocenters. The van der Waals surface area contributed by atoms with E-state index in [1.54, 1.807) is 56.5 Å². The molecule has 0 aliphatic heterocycles. The van der Waals surface area contributed by atoms with Crippen molar-refractivity contribution < 1.29 is 5.11 Å². The molecule has 0 aliphatic carbocycles. The zero-order valence-electron chi connectivity index (χ0n) is 18.3. The fourth-order valence-corrected chi connectivity index (χ4v) is 3.30. The van der Waals surface area contributed by atoms with Gasteiger partial charge in [-0.2, -0.15) is 0 Å². The number of pyridine rings is 3. The van der Waals surface area contributed by atoms with Crippen LogP contribution in [0.4, 0.5) is 0 Å². The molecule has 1 N–H and O–H groups in total. The van der Waals surface area contributed by atoms with Crippen molar-refractivity contribution >= 4 is 47.4 Å². The van der Waals surface area contributed by atoms with Crippen molar-refractivity contribution in [1.82, 2.24) is 15.0 Å². The first-order valence-electron chi connectivity index (χ1n) is 9.84. The molecule has 0 saturated heterocycles. The van der Waals surface area contributed by atoms with Crippen molar-refractivity contribution in [2.24, 2.45) is 4.99 Å². The van der Waals surface area contributed by atoms with Crippen LogP contribution in [0, 0.1) is 0 Å². The first-order valence-corrected chi connectivity index (χ1v) is 11.8. The molecular weight excluding hydrogens is 463 g/mol. The molecule has 0 bridgehead atoms. The number of aromatic nitrogens is 3. The minimum atomic E-state index is -0.955. The fraction of sp³-hybridized carbons (Fsp3) is 0.250. The Morgan fingerprint density at radius 3 is 2.41 bits per heavy atom. The number of aryl methyl sites for hydroxylation is 1. The Bertz CT molecular complexity index is 1030. The lowest BCUT2D eigenvalue weighted by Gasteiger charge is -2.16. The molecule has 8 heteroatoms. The maximum atomic E-state index is 9.94. The standard InChI is InChI=1S/C18H20ClN3O.C6H6ClNS/c1-18(2,23)17-8-7-14(11-22-17)16(20-3)6-4-5-13-9-15(19)12-21-10-13;1-9-6-3-2-5(7)4-8-6/h6-12,23H,3-5H2,1-2H3;2-4H,1H3/b16-6-;. The third-order valence-corrected chi connectivity index (χ3v) is 5.39. The van der Waals surface area contributed by atoms with E-state index in [1.165, 1.54) is 0 Å². The predicted octanol–water partition coefficient (Wildman–Crippen LogP) is 6.49. The topological polar surface area (TPSA) is 71.3 Å². The van der Waals surface area contributed by atoms with Gasteiger partial charge in [0.05, 0.1) is 26.5 Å². The van der Waals surface area contributed by atoms with E-state index in [-0.39, 0.29) is 0 Å². The summed E-state index contributed by atoms with van der Waals surface area (Å²) in [5, 5.41) is 12.3. The van der Waals surface area contributed by atoms with Gasteiger partial charge >= 0.3 is 0 Å². The van der Waals surface area contributed by atoms with Crippen LogP contribution in [0.3, 0.4) is 0 Å². The van der Waals surface area contributed by atoms with Crippen LogP contribution in [0.5, 0.6) is 0 Å². The van der Waals surface area contributed by atoms with Crippen LogP contribution in [0.1, 0.15) is 37.1 Å². The highest BCUT2D eigenvalue weighted by Gasteiger charge is 2.17. The van der Waals surface area contributed by atoms with Gasteiger partial charge in [-0.3, -0.25) is 15.0 Å². The van der Waals surface area contributed by atoms with Gasteiger partial charge in [-0.25, -0.2) is 4.98 Å². The van der Waals surface area contributed by atoms with Gasteiger partial charge in [0, 0.05) is 30.4 Å². The lowest BCUT2D eigenvalue weighted by Crippen LogP contribution is -2.17. The number of aliphatic hydroxyl groups is 1. The largest absolute Gasteiger partial charge is 0.384 e. The second-order valence-corrected chi connectivity index (χ2v) is 9.01. The number of aliphatic imine (C=N–C) groups is 1. The molecule has 0 fully saturated rings. The number of nitrogens with zero attached hydrogens (tertiary/aromatic N) is 4. The van der Waals surface area contributed by atoms with Crippen molar-refractivity contribution in [1.29, 1.82) is 0 Å². The predicted molar refractivity (Wildman–Crippen MR) is 136 cm³/mol. The Labute approximate surface area is 203 Å². The van der Waals surface area contributed by atoms with Gasteiger partial charge < -0.3 is 5.11 Å². The van der Waals surface area contributed by atoms with Crippen LogP contribution in [-0.4, -0.2) is 33.0 Å². The summed E-state index contributed by atoms with van der Waals surface area (Å²) in [5.74, 6) is 0. The summed E-state index contributed by atoms with van der Waals surface area (Å²) in [6.45, 7) is 7.03. The van der Waals surface area contributed by atoms with E-state index in [9.17, 15) is 5.11 Å². The Hall–Kier alpha value is -2.25. The quantitative estimate of drug-likeness (QED) is 0.304. The zero-order valence-corrected chi connectivity index (χ0v) is 20.6. The Kier molecular flexibility index (Phi) is 10.3. The SMILES string of the molecule is C=N/C(=C\CCc1cncc(Cl)c1)c1ccc(C(C)(C)O)nc1.CSc1ccc(Cl)cn1. The monoisotopic (exact) mass is 488 g/mol. The van der Waals surface area contributed by atoms with Crippen molar-refractivity contribution in [3.05, 3.63) is 88.1 Å². The molecule has 0 aromatic carbocycles. The average molecular weight is 489 g/mol. The minimum Gasteiger partial charge on any atom is -0.384 e. The minimum absolute atomic E-state index is 0.620. The lowest BCUT2D eigenvalue weighted by atomic mass is 10.0. The summed E-state index contributed by atoms with van der Waals surface area (Å²) in [6.07, 6.45) is 12.4. The van der Waals surface area contributed by atoms with E-state index >= 15 is 0 Å². The number of rotatable bonds is 7. The van der Waals surface area contributed by atoms with Crippen LogP contribution in [0.2, 0.25) is 10.0 Å². The van der Waals surface area contributed by atoms with E-state index in [0.29, 0.717) is 15.7 Å². The van der Waals surface area contributed by atoms with Crippen molar-refractivity contribution in [3.8, 4) is 0 Å². The number of hydrogen-bond acceptors (Lipinski definition) is 6. The Morgan fingerprint density at radius 2 is 1.88 bits per heavy atom. The van der Waals surface area contributed by atoms with Gasteiger partial charge in [0.1, 0.15) is 5.60 Å². The highest BCUT2D eigenvalue weighted by Crippen LogP contribution is 2.21. The summed E-state index contributed by atoms with van der Waals surface area (Å²) in [5.41, 5.74) is 2.39. The third-order valence-electron chi connectivity index (χ3n) is 4.30. The van der Waals surface area contributed by atoms with Gasteiger partial charge in [-0.15, -0.1) is 11.8 Å². The molecule has 32 heavy (non-hydrogen) atoms. The van der Waals surface area contributed by atoms with Gasteiger partial charge in [0.25, 0.3) is 0 Å².